The number of nitrogens with zero attached hydrogens (tertiary/aromatic N) is 4. The summed E-state index contributed by atoms with van der Waals surface area (Å²) in [4.78, 5) is 23.1. The van der Waals surface area contributed by atoms with Gasteiger partial charge in [-0.2, -0.15) is 0 Å². The third-order valence-electron chi connectivity index (χ3n) is 6.88. The molecule has 0 radical (unpaired) electrons. The molecule has 8 heteroatoms. The summed E-state index contributed by atoms with van der Waals surface area (Å²) in [5, 5.41) is 3.55. The van der Waals surface area contributed by atoms with Gasteiger partial charge in [-0.15, -0.1) is 24.0 Å². The van der Waals surface area contributed by atoms with Crippen LogP contribution in [-0.4, -0.2) is 81.1 Å². The van der Waals surface area contributed by atoms with Crippen LogP contribution in [0.4, 0.5) is 5.69 Å². The van der Waals surface area contributed by atoms with Crippen molar-refractivity contribution >= 4 is 41.5 Å². The van der Waals surface area contributed by atoms with Crippen molar-refractivity contribution in [2.75, 3.05) is 64.3 Å². The molecule has 1 aromatic rings. The predicted octanol–water partition coefficient (Wildman–Crippen LogP) is 2.60. The summed E-state index contributed by atoms with van der Waals surface area (Å²) in [6.07, 6.45) is 4.10. The number of hydrogen-bond acceptors (Lipinski definition) is 4. The summed E-state index contributed by atoms with van der Waals surface area (Å²) in [7, 11) is 1.88. The zero-order chi connectivity index (χ0) is 22.2. The van der Waals surface area contributed by atoms with E-state index >= 15 is 0 Å². The lowest BCUT2D eigenvalue weighted by Gasteiger charge is -2.38. The number of hydrogen-bond donors (Lipinski definition) is 2. The molecule has 0 aliphatic carbocycles. The highest BCUT2D eigenvalue weighted by molar-refractivity contribution is 14.0. The fraction of sp³-hybridized carbons (Fsp3) is 0.667. The lowest BCUT2D eigenvalue weighted by Crippen LogP contribution is -2.52. The molecule has 0 spiro atoms. The van der Waals surface area contributed by atoms with Crippen molar-refractivity contribution in [2.24, 2.45) is 16.6 Å². The largest absolute Gasteiger partial charge is 0.369 e. The van der Waals surface area contributed by atoms with E-state index in [-0.39, 0.29) is 35.8 Å². The van der Waals surface area contributed by atoms with E-state index in [9.17, 15) is 4.79 Å². The van der Waals surface area contributed by atoms with E-state index in [2.05, 4.69) is 57.1 Å². The Hall–Kier alpha value is -1.55. The number of benzene rings is 1. The summed E-state index contributed by atoms with van der Waals surface area (Å²) < 4.78 is 0. The van der Waals surface area contributed by atoms with Crippen molar-refractivity contribution in [1.29, 1.82) is 0 Å². The second-order valence-corrected chi connectivity index (χ2v) is 8.89. The maximum atomic E-state index is 11.3. The van der Waals surface area contributed by atoms with Gasteiger partial charge in [0.15, 0.2) is 5.96 Å². The van der Waals surface area contributed by atoms with E-state index in [0.29, 0.717) is 0 Å². The molecule has 0 aromatic heterocycles. The number of piperidine rings is 1. The first-order chi connectivity index (χ1) is 15.0. The number of rotatable bonds is 7. The Labute approximate surface area is 210 Å². The number of nitrogens with two attached hydrogens (primary N) is 1. The summed E-state index contributed by atoms with van der Waals surface area (Å²) >= 11 is 0. The summed E-state index contributed by atoms with van der Waals surface area (Å²) in [6, 6.07) is 6.58. The predicted molar refractivity (Wildman–Crippen MR) is 144 cm³/mol. The van der Waals surface area contributed by atoms with Crippen LogP contribution in [0.2, 0.25) is 0 Å². The van der Waals surface area contributed by atoms with Crippen LogP contribution in [0.15, 0.2) is 23.2 Å². The number of halogens is 1. The first-order valence-corrected chi connectivity index (χ1v) is 11.8. The van der Waals surface area contributed by atoms with Crippen LogP contribution in [0.1, 0.15) is 36.8 Å². The molecule has 1 aromatic carbocycles. The van der Waals surface area contributed by atoms with E-state index in [1.54, 1.807) is 0 Å². The number of aliphatic imine (C=N–C) groups is 1. The SMILES string of the molecule is CN=C(NCCCCN1CCC(C(N)=O)CC1)N1CCN(c2cccc(C)c2C)CC1.I. The van der Waals surface area contributed by atoms with Crippen LogP contribution in [0.3, 0.4) is 0 Å². The molecular formula is C24H41IN6O. The number of guanidine groups is 1. The number of amides is 1. The minimum atomic E-state index is -0.134. The van der Waals surface area contributed by atoms with Gasteiger partial charge in [0.25, 0.3) is 0 Å². The van der Waals surface area contributed by atoms with E-state index in [1.807, 2.05) is 7.05 Å². The molecule has 1 amide bonds. The van der Waals surface area contributed by atoms with Gasteiger partial charge >= 0.3 is 0 Å². The molecule has 32 heavy (non-hydrogen) atoms. The molecule has 2 aliphatic heterocycles. The molecule has 2 aliphatic rings. The lowest BCUT2D eigenvalue weighted by atomic mass is 9.96. The highest BCUT2D eigenvalue weighted by atomic mass is 127. The van der Waals surface area contributed by atoms with Crippen LogP contribution in [0.5, 0.6) is 0 Å². The average molecular weight is 557 g/mol. The summed E-state index contributed by atoms with van der Waals surface area (Å²) in [5.41, 5.74) is 9.53. The monoisotopic (exact) mass is 556 g/mol. The molecule has 2 heterocycles. The number of anilines is 1. The van der Waals surface area contributed by atoms with Crippen molar-refractivity contribution in [3.8, 4) is 0 Å². The van der Waals surface area contributed by atoms with Crippen molar-refractivity contribution in [3.63, 3.8) is 0 Å². The van der Waals surface area contributed by atoms with Crippen LogP contribution >= 0.6 is 24.0 Å². The Morgan fingerprint density at radius 1 is 1.09 bits per heavy atom. The topological polar surface area (TPSA) is 77.2 Å². The van der Waals surface area contributed by atoms with Gasteiger partial charge in [0, 0.05) is 51.4 Å². The number of carbonyl (C=O) groups is 1. The highest BCUT2D eigenvalue weighted by Gasteiger charge is 2.23. The molecule has 0 unspecified atom stereocenters. The fourth-order valence-electron chi connectivity index (χ4n) is 4.67. The molecule has 2 fully saturated rings. The molecule has 2 saturated heterocycles. The maximum absolute atomic E-state index is 11.3. The number of primary amides is 1. The van der Waals surface area contributed by atoms with Crippen LogP contribution in [-0.2, 0) is 4.79 Å². The van der Waals surface area contributed by atoms with E-state index < -0.39 is 0 Å². The Morgan fingerprint density at radius 3 is 2.41 bits per heavy atom. The molecule has 0 atom stereocenters. The normalized spacial score (nSPS) is 18.4. The Balaban J connectivity index is 0.00000363. The zero-order valence-corrected chi connectivity index (χ0v) is 22.3. The third-order valence-corrected chi connectivity index (χ3v) is 6.88. The van der Waals surface area contributed by atoms with Crippen molar-refractivity contribution in [1.82, 2.24) is 15.1 Å². The molecule has 3 rings (SSSR count). The second kappa shape index (κ2) is 13.2. The zero-order valence-electron chi connectivity index (χ0n) is 20.0. The van der Waals surface area contributed by atoms with E-state index in [0.717, 1.165) is 84.0 Å². The Morgan fingerprint density at radius 2 is 1.78 bits per heavy atom. The first kappa shape index (κ1) is 26.7. The van der Waals surface area contributed by atoms with Gasteiger partial charge in [-0.05, 0) is 76.4 Å². The highest BCUT2D eigenvalue weighted by Crippen LogP contribution is 2.24. The first-order valence-electron chi connectivity index (χ1n) is 11.8. The third kappa shape index (κ3) is 7.23. The smallest absolute Gasteiger partial charge is 0.220 e. The average Bonchev–Trinajstić information content (AvgIpc) is 2.79. The Bertz CT molecular complexity index is 755. The molecule has 7 nitrogen and oxygen atoms in total. The van der Waals surface area contributed by atoms with Crippen LogP contribution in [0, 0.1) is 19.8 Å². The van der Waals surface area contributed by atoms with Crippen molar-refractivity contribution in [3.05, 3.63) is 29.3 Å². The second-order valence-electron chi connectivity index (χ2n) is 8.89. The standard InChI is InChI=1S/C24H40N6O.HI/c1-19-7-6-8-22(20(19)2)29-15-17-30(18-16-29)24(26-3)27-11-4-5-12-28-13-9-21(10-14-28)23(25)31;/h6-8,21H,4-5,9-18H2,1-3H3,(H2,25,31)(H,26,27);1H. The fourth-order valence-corrected chi connectivity index (χ4v) is 4.67. The van der Waals surface area contributed by atoms with E-state index in [4.69, 9.17) is 5.73 Å². The Kier molecular flexibility index (Phi) is 11.0. The van der Waals surface area contributed by atoms with Crippen LogP contribution in [0.25, 0.3) is 0 Å². The van der Waals surface area contributed by atoms with Gasteiger partial charge in [0.05, 0.1) is 0 Å². The van der Waals surface area contributed by atoms with Crippen LogP contribution < -0.4 is 16.0 Å². The van der Waals surface area contributed by atoms with Crippen molar-refractivity contribution < 1.29 is 4.79 Å². The van der Waals surface area contributed by atoms with Gasteiger partial charge < -0.3 is 25.8 Å². The maximum Gasteiger partial charge on any atom is 0.220 e. The van der Waals surface area contributed by atoms with Gasteiger partial charge in [-0.25, -0.2) is 0 Å². The molecule has 0 saturated carbocycles. The van der Waals surface area contributed by atoms with Gasteiger partial charge in [-0.1, -0.05) is 12.1 Å². The quantitative estimate of drug-likeness (QED) is 0.234. The number of carbonyl (C=O) groups excluding carboxylic acids is 1. The van der Waals surface area contributed by atoms with Gasteiger partial charge in [-0.3, -0.25) is 9.79 Å². The number of unbranched alkanes of at least 4 members (excludes halogenated alkanes) is 1. The number of nitrogens with one attached hydrogen (secondary N) is 1. The number of likely N-dealkylation sites (tertiary alicyclic amines) is 1. The van der Waals surface area contributed by atoms with Crippen molar-refractivity contribution in [2.45, 2.75) is 39.5 Å². The minimum absolute atomic E-state index is 0. The number of piperazine rings is 1. The molecule has 0 bridgehead atoms. The summed E-state index contributed by atoms with van der Waals surface area (Å²) in [6.45, 7) is 12.5. The number of aryl methyl sites for hydroxylation is 1. The lowest BCUT2D eigenvalue weighted by molar-refractivity contribution is -0.123. The summed E-state index contributed by atoms with van der Waals surface area (Å²) in [5.74, 6) is 0.963. The molecule has 3 N–H and O–H groups in total. The van der Waals surface area contributed by atoms with E-state index in [1.165, 1.54) is 16.8 Å². The molecular weight excluding hydrogens is 515 g/mol. The van der Waals surface area contributed by atoms with Gasteiger partial charge in [0.1, 0.15) is 0 Å². The minimum Gasteiger partial charge on any atom is -0.369 e. The van der Waals surface area contributed by atoms with Gasteiger partial charge in [0.2, 0.25) is 5.91 Å². The molecule has 180 valence electrons.